The summed E-state index contributed by atoms with van der Waals surface area (Å²) in [5.74, 6) is 2.94. The van der Waals surface area contributed by atoms with Gasteiger partial charge in [0.15, 0.2) is 0 Å². The van der Waals surface area contributed by atoms with Gasteiger partial charge in [-0.25, -0.2) is 4.98 Å². The zero-order valence-corrected chi connectivity index (χ0v) is 10.3. The summed E-state index contributed by atoms with van der Waals surface area (Å²) in [5.41, 5.74) is 1.32. The van der Waals surface area contributed by atoms with Gasteiger partial charge < -0.3 is 9.47 Å². The Morgan fingerprint density at radius 2 is 1.72 bits per heavy atom. The van der Waals surface area contributed by atoms with Crippen LogP contribution in [0.25, 0.3) is 0 Å². The Labute approximate surface area is 106 Å². The van der Waals surface area contributed by atoms with Crippen LogP contribution in [-0.4, -0.2) is 12.1 Å². The molecule has 3 heteroatoms. The lowest BCUT2D eigenvalue weighted by Gasteiger charge is -2.06. The molecule has 0 radical (unpaired) electrons. The molecule has 1 aliphatic carbocycles. The van der Waals surface area contributed by atoms with Crippen LogP contribution in [0.2, 0.25) is 0 Å². The first kappa shape index (κ1) is 11.1. The van der Waals surface area contributed by atoms with Gasteiger partial charge in [0.2, 0.25) is 5.88 Å². The highest BCUT2D eigenvalue weighted by Gasteiger charge is 2.23. The molecule has 2 aromatic rings. The van der Waals surface area contributed by atoms with E-state index in [0.29, 0.717) is 5.88 Å². The number of aromatic nitrogens is 1. The van der Waals surface area contributed by atoms with E-state index in [1.54, 1.807) is 7.11 Å². The van der Waals surface area contributed by atoms with Crippen molar-refractivity contribution in [3.8, 4) is 17.4 Å². The number of rotatable bonds is 4. The first-order valence-corrected chi connectivity index (χ1v) is 6.13. The molecule has 1 fully saturated rings. The van der Waals surface area contributed by atoms with Crippen LogP contribution in [0.15, 0.2) is 42.6 Å². The van der Waals surface area contributed by atoms with E-state index in [2.05, 4.69) is 11.1 Å². The smallest absolute Gasteiger partial charge is 0.219 e. The minimum atomic E-state index is 0.629. The zero-order chi connectivity index (χ0) is 12.4. The third-order valence-electron chi connectivity index (χ3n) is 3.09. The summed E-state index contributed by atoms with van der Waals surface area (Å²) in [6, 6.07) is 11.5. The molecule has 0 spiro atoms. The van der Waals surface area contributed by atoms with Crippen molar-refractivity contribution in [1.29, 1.82) is 0 Å². The largest absolute Gasteiger partial charge is 0.497 e. The molecule has 0 aliphatic heterocycles. The van der Waals surface area contributed by atoms with Gasteiger partial charge in [0, 0.05) is 12.3 Å². The van der Waals surface area contributed by atoms with Gasteiger partial charge in [-0.15, -0.1) is 0 Å². The maximum absolute atomic E-state index is 5.67. The van der Waals surface area contributed by atoms with Gasteiger partial charge in [0.05, 0.1) is 7.11 Å². The lowest BCUT2D eigenvalue weighted by molar-refractivity contribution is 0.412. The molecule has 18 heavy (non-hydrogen) atoms. The van der Waals surface area contributed by atoms with Crippen LogP contribution in [0.4, 0.5) is 0 Å². The molecule has 0 atom stereocenters. The van der Waals surface area contributed by atoms with Gasteiger partial charge in [-0.1, -0.05) is 6.07 Å². The molecule has 1 heterocycles. The van der Waals surface area contributed by atoms with Crippen molar-refractivity contribution in [2.24, 2.45) is 0 Å². The molecule has 0 amide bonds. The van der Waals surface area contributed by atoms with Gasteiger partial charge in [-0.3, -0.25) is 0 Å². The average Bonchev–Trinajstić information content (AvgIpc) is 3.25. The number of hydrogen-bond donors (Lipinski definition) is 0. The molecular formula is C15H15NO2. The van der Waals surface area contributed by atoms with Gasteiger partial charge in [-0.05, 0) is 48.6 Å². The Morgan fingerprint density at radius 1 is 1.00 bits per heavy atom. The van der Waals surface area contributed by atoms with Crippen molar-refractivity contribution >= 4 is 0 Å². The Kier molecular flexibility index (Phi) is 2.89. The molecule has 1 saturated carbocycles. The highest BCUT2D eigenvalue weighted by molar-refractivity contribution is 5.34. The van der Waals surface area contributed by atoms with Crippen LogP contribution in [-0.2, 0) is 0 Å². The third kappa shape index (κ3) is 2.45. The van der Waals surface area contributed by atoms with Crippen LogP contribution in [0.3, 0.4) is 0 Å². The van der Waals surface area contributed by atoms with Gasteiger partial charge in [0.1, 0.15) is 11.5 Å². The maximum atomic E-state index is 5.67. The van der Waals surface area contributed by atoms with Crippen LogP contribution in [0.1, 0.15) is 24.3 Å². The fourth-order valence-corrected chi connectivity index (χ4v) is 1.87. The maximum Gasteiger partial charge on any atom is 0.219 e. The van der Waals surface area contributed by atoms with Gasteiger partial charge in [0.25, 0.3) is 0 Å². The standard InChI is InChI=1S/C15H15NO2/c1-17-13-5-7-14(8-6-13)18-15-9-4-12(10-16-15)11-2-3-11/h4-11H,2-3H2,1H3. The second kappa shape index (κ2) is 4.69. The lowest BCUT2D eigenvalue weighted by atomic mass is 10.2. The molecule has 0 unspecified atom stereocenters. The number of ether oxygens (including phenoxy) is 2. The molecule has 1 aromatic heterocycles. The molecule has 3 rings (SSSR count). The predicted molar refractivity (Wildman–Crippen MR) is 69.3 cm³/mol. The number of hydrogen-bond acceptors (Lipinski definition) is 3. The van der Waals surface area contributed by atoms with Crippen molar-refractivity contribution in [3.05, 3.63) is 48.2 Å². The predicted octanol–water partition coefficient (Wildman–Crippen LogP) is 3.76. The molecule has 0 N–H and O–H groups in total. The van der Waals surface area contributed by atoms with Crippen LogP contribution in [0, 0.1) is 0 Å². The molecule has 1 aromatic carbocycles. The monoisotopic (exact) mass is 241 g/mol. The zero-order valence-electron chi connectivity index (χ0n) is 10.3. The molecule has 92 valence electrons. The van der Waals surface area contributed by atoms with E-state index >= 15 is 0 Å². The summed E-state index contributed by atoms with van der Waals surface area (Å²) in [4.78, 5) is 4.32. The number of nitrogens with zero attached hydrogens (tertiary/aromatic N) is 1. The van der Waals surface area contributed by atoms with E-state index in [1.807, 2.05) is 36.5 Å². The molecule has 1 aliphatic rings. The fraction of sp³-hybridized carbons (Fsp3) is 0.267. The summed E-state index contributed by atoms with van der Waals surface area (Å²) in [5, 5.41) is 0. The Hall–Kier alpha value is -2.03. The second-order valence-corrected chi connectivity index (χ2v) is 4.48. The molecule has 0 saturated heterocycles. The Bertz CT molecular complexity index is 515. The lowest BCUT2D eigenvalue weighted by Crippen LogP contribution is -1.89. The van der Waals surface area contributed by atoms with Crippen molar-refractivity contribution in [1.82, 2.24) is 4.98 Å². The van der Waals surface area contributed by atoms with Gasteiger partial charge >= 0.3 is 0 Å². The Morgan fingerprint density at radius 3 is 2.28 bits per heavy atom. The fourth-order valence-electron chi connectivity index (χ4n) is 1.87. The van der Waals surface area contributed by atoms with Crippen LogP contribution < -0.4 is 9.47 Å². The minimum absolute atomic E-state index is 0.629. The Balaban J connectivity index is 1.70. The highest BCUT2D eigenvalue weighted by Crippen LogP contribution is 2.40. The second-order valence-electron chi connectivity index (χ2n) is 4.48. The normalized spacial score (nSPS) is 14.3. The SMILES string of the molecule is COc1ccc(Oc2ccc(C3CC3)cn2)cc1. The first-order chi connectivity index (χ1) is 8.85. The summed E-state index contributed by atoms with van der Waals surface area (Å²) in [7, 11) is 1.65. The molecule has 3 nitrogen and oxygen atoms in total. The van der Waals surface area contributed by atoms with Crippen molar-refractivity contribution < 1.29 is 9.47 Å². The van der Waals surface area contributed by atoms with E-state index in [9.17, 15) is 0 Å². The van der Waals surface area contributed by atoms with E-state index in [-0.39, 0.29) is 0 Å². The third-order valence-corrected chi connectivity index (χ3v) is 3.09. The summed E-state index contributed by atoms with van der Waals surface area (Å²) in [6.07, 6.45) is 4.50. The van der Waals surface area contributed by atoms with Crippen molar-refractivity contribution in [2.75, 3.05) is 7.11 Å². The number of pyridine rings is 1. The van der Waals surface area contributed by atoms with E-state index in [4.69, 9.17) is 9.47 Å². The van der Waals surface area contributed by atoms with Crippen molar-refractivity contribution in [3.63, 3.8) is 0 Å². The van der Waals surface area contributed by atoms with E-state index < -0.39 is 0 Å². The highest BCUT2D eigenvalue weighted by atomic mass is 16.5. The quantitative estimate of drug-likeness (QED) is 0.816. The minimum Gasteiger partial charge on any atom is -0.497 e. The average molecular weight is 241 g/mol. The summed E-state index contributed by atoms with van der Waals surface area (Å²) >= 11 is 0. The van der Waals surface area contributed by atoms with Crippen LogP contribution >= 0.6 is 0 Å². The first-order valence-electron chi connectivity index (χ1n) is 6.13. The summed E-state index contributed by atoms with van der Waals surface area (Å²) in [6.45, 7) is 0. The van der Waals surface area contributed by atoms with Gasteiger partial charge in [-0.2, -0.15) is 0 Å². The van der Waals surface area contributed by atoms with Crippen molar-refractivity contribution in [2.45, 2.75) is 18.8 Å². The summed E-state index contributed by atoms with van der Waals surface area (Å²) < 4.78 is 10.8. The topological polar surface area (TPSA) is 31.4 Å². The van der Waals surface area contributed by atoms with E-state index in [1.165, 1.54) is 18.4 Å². The number of benzene rings is 1. The van der Waals surface area contributed by atoms with Crippen LogP contribution in [0.5, 0.6) is 17.4 Å². The number of methoxy groups -OCH3 is 1. The molecule has 0 bridgehead atoms. The molecular weight excluding hydrogens is 226 g/mol. The van der Waals surface area contributed by atoms with E-state index in [0.717, 1.165) is 17.4 Å².